The summed E-state index contributed by atoms with van der Waals surface area (Å²) in [4.78, 5) is 12.5. The summed E-state index contributed by atoms with van der Waals surface area (Å²) < 4.78 is 26.6. The standard InChI is InChI=1S/C13H17F2NO2/c1-13(2,7-12(17)18)8-5-9(14)10(15)6-11(8)16(3)4/h5-6H,7H2,1-4H3,(H,17,18). The zero-order chi connectivity index (χ0) is 14.1. The first-order chi connectivity index (χ1) is 8.15. The van der Waals surface area contributed by atoms with Crippen molar-refractivity contribution in [1.29, 1.82) is 0 Å². The predicted molar refractivity (Wildman–Crippen MR) is 66.0 cm³/mol. The van der Waals surface area contributed by atoms with Crippen LogP contribution in [0.4, 0.5) is 14.5 Å². The highest BCUT2D eigenvalue weighted by Gasteiger charge is 2.29. The van der Waals surface area contributed by atoms with E-state index in [0.717, 1.165) is 12.1 Å². The van der Waals surface area contributed by atoms with E-state index in [-0.39, 0.29) is 6.42 Å². The van der Waals surface area contributed by atoms with E-state index in [4.69, 9.17) is 5.11 Å². The third-order valence-corrected chi connectivity index (χ3v) is 2.84. The molecule has 18 heavy (non-hydrogen) atoms. The highest BCUT2D eigenvalue weighted by atomic mass is 19.2. The van der Waals surface area contributed by atoms with Crippen LogP contribution in [0.5, 0.6) is 0 Å². The summed E-state index contributed by atoms with van der Waals surface area (Å²) in [5.41, 5.74) is 0.189. The fraction of sp³-hybridized carbons (Fsp3) is 0.462. The fourth-order valence-corrected chi connectivity index (χ4v) is 1.92. The molecule has 0 atom stereocenters. The topological polar surface area (TPSA) is 40.5 Å². The van der Waals surface area contributed by atoms with Crippen LogP contribution >= 0.6 is 0 Å². The largest absolute Gasteiger partial charge is 0.481 e. The van der Waals surface area contributed by atoms with Crippen molar-refractivity contribution in [3.8, 4) is 0 Å². The second kappa shape index (κ2) is 4.92. The van der Waals surface area contributed by atoms with Gasteiger partial charge < -0.3 is 10.0 Å². The van der Waals surface area contributed by atoms with Crippen molar-refractivity contribution < 1.29 is 18.7 Å². The van der Waals surface area contributed by atoms with E-state index >= 15 is 0 Å². The van der Waals surface area contributed by atoms with Crippen molar-refractivity contribution in [2.75, 3.05) is 19.0 Å². The smallest absolute Gasteiger partial charge is 0.304 e. The Morgan fingerprint density at radius 1 is 1.28 bits per heavy atom. The molecule has 0 aromatic heterocycles. The van der Waals surface area contributed by atoms with Gasteiger partial charge in [0.2, 0.25) is 0 Å². The molecule has 0 aliphatic heterocycles. The molecular formula is C13H17F2NO2. The monoisotopic (exact) mass is 257 g/mol. The summed E-state index contributed by atoms with van der Waals surface area (Å²) >= 11 is 0. The Hall–Kier alpha value is -1.65. The Labute approximate surface area is 105 Å². The number of rotatable bonds is 4. The van der Waals surface area contributed by atoms with E-state index in [1.165, 1.54) is 0 Å². The summed E-state index contributed by atoms with van der Waals surface area (Å²) in [6.45, 7) is 3.39. The maximum atomic E-state index is 13.3. The number of hydrogen-bond acceptors (Lipinski definition) is 2. The van der Waals surface area contributed by atoms with Gasteiger partial charge in [-0.25, -0.2) is 8.78 Å². The first-order valence-electron chi connectivity index (χ1n) is 5.54. The summed E-state index contributed by atoms with van der Waals surface area (Å²) in [6.07, 6.45) is -0.154. The Morgan fingerprint density at radius 3 is 2.22 bits per heavy atom. The molecule has 0 amide bonds. The van der Waals surface area contributed by atoms with Crippen LogP contribution in [-0.4, -0.2) is 25.2 Å². The lowest BCUT2D eigenvalue weighted by Crippen LogP contribution is -2.25. The molecule has 1 rings (SSSR count). The SMILES string of the molecule is CN(C)c1cc(F)c(F)cc1C(C)(C)CC(=O)O. The molecule has 100 valence electrons. The number of nitrogens with zero attached hydrogens (tertiary/aromatic N) is 1. The Kier molecular flexibility index (Phi) is 3.94. The lowest BCUT2D eigenvalue weighted by molar-refractivity contribution is -0.138. The molecule has 3 nitrogen and oxygen atoms in total. The van der Waals surface area contributed by atoms with Gasteiger partial charge in [-0.2, -0.15) is 0 Å². The molecule has 0 spiro atoms. The highest BCUT2D eigenvalue weighted by molar-refractivity contribution is 5.70. The van der Waals surface area contributed by atoms with Crippen LogP contribution in [0.25, 0.3) is 0 Å². The minimum absolute atomic E-state index is 0.154. The van der Waals surface area contributed by atoms with Gasteiger partial charge in [0.1, 0.15) is 0 Å². The first kappa shape index (κ1) is 14.4. The van der Waals surface area contributed by atoms with Crippen molar-refractivity contribution in [3.05, 3.63) is 29.3 Å². The van der Waals surface area contributed by atoms with Crippen molar-refractivity contribution in [1.82, 2.24) is 0 Å². The van der Waals surface area contributed by atoms with Crippen LogP contribution in [0, 0.1) is 11.6 Å². The molecule has 0 fully saturated rings. The maximum Gasteiger partial charge on any atom is 0.304 e. The molecule has 0 radical (unpaired) electrons. The normalized spacial score (nSPS) is 11.4. The third kappa shape index (κ3) is 2.97. The van der Waals surface area contributed by atoms with Gasteiger partial charge in [0.25, 0.3) is 0 Å². The number of carboxylic acid groups (broad SMARTS) is 1. The molecule has 0 aliphatic rings. The molecular weight excluding hydrogens is 240 g/mol. The van der Waals surface area contributed by atoms with E-state index < -0.39 is 23.0 Å². The number of aliphatic carboxylic acids is 1. The van der Waals surface area contributed by atoms with E-state index in [2.05, 4.69) is 0 Å². The quantitative estimate of drug-likeness (QED) is 0.901. The third-order valence-electron chi connectivity index (χ3n) is 2.84. The van der Waals surface area contributed by atoms with Crippen molar-refractivity contribution in [2.45, 2.75) is 25.7 Å². The van der Waals surface area contributed by atoms with Crippen LogP contribution in [0.15, 0.2) is 12.1 Å². The first-order valence-corrected chi connectivity index (χ1v) is 5.54. The molecule has 1 aromatic carbocycles. The van der Waals surface area contributed by atoms with Gasteiger partial charge >= 0.3 is 5.97 Å². The number of benzene rings is 1. The molecule has 0 heterocycles. The van der Waals surface area contributed by atoms with Crippen molar-refractivity contribution >= 4 is 11.7 Å². The minimum atomic E-state index is -0.977. The fourth-order valence-electron chi connectivity index (χ4n) is 1.92. The van der Waals surface area contributed by atoms with E-state index in [1.54, 1.807) is 32.8 Å². The molecule has 1 aromatic rings. The molecule has 0 saturated carbocycles. The van der Waals surface area contributed by atoms with E-state index in [0.29, 0.717) is 11.3 Å². The van der Waals surface area contributed by atoms with Gasteiger partial charge in [0, 0.05) is 31.3 Å². The molecule has 0 unspecified atom stereocenters. The van der Waals surface area contributed by atoms with Crippen LogP contribution in [0.3, 0.4) is 0 Å². The molecule has 1 N–H and O–H groups in total. The zero-order valence-corrected chi connectivity index (χ0v) is 10.9. The number of carboxylic acids is 1. The average Bonchev–Trinajstić information content (AvgIpc) is 2.18. The lowest BCUT2D eigenvalue weighted by atomic mass is 9.80. The van der Waals surface area contributed by atoms with Gasteiger partial charge in [-0.15, -0.1) is 0 Å². The summed E-state index contributed by atoms with van der Waals surface area (Å²) in [5, 5.41) is 8.88. The second-order valence-electron chi connectivity index (χ2n) is 5.13. The van der Waals surface area contributed by atoms with Crippen molar-refractivity contribution in [2.24, 2.45) is 0 Å². The van der Waals surface area contributed by atoms with Crippen LogP contribution in [0.2, 0.25) is 0 Å². The van der Waals surface area contributed by atoms with Gasteiger partial charge in [-0.05, 0) is 11.6 Å². The molecule has 0 saturated heterocycles. The lowest BCUT2D eigenvalue weighted by Gasteiger charge is -2.29. The number of anilines is 1. The molecule has 0 bridgehead atoms. The van der Waals surface area contributed by atoms with Gasteiger partial charge in [-0.1, -0.05) is 13.8 Å². The van der Waals surface area contributed by atoms with E-state index in [1.807, 2.05) is 0 Å². The second-order valence-corrected chi connectivity index (χ2v) is 5.13. The van der Waals surface area contributed by atoms with Gasteiger partial charge in [-0.3, -0.25) is 4.79 Å². The van der Waals surface area contributed by atoms with Gasteiger partial charge in [0.15, 0.2) is 11.6 Å². The summed E-state index contributed by atoms with van der Waals surface area (Å²) in [7, 11) is 3.40. The minimum Gasteiger partial charge on any atom is -0.481 e. The molecule has 0 aliphatic carbocycles. The number of carbonyl (C=O) groups is 1. The average molecular weight is 257 g/mol. The Morgan fingerprint density at radius 2 is 1.78 bits per heavy atom. The maximum absolute atomic E-state index is 13.3. The highest BCUT2D eigenvalue weighted by Crippen LogP contribution is 2.35. The van der Waals surface area contributed by atoms with Crippen LogP contribution in [0.1, 0.15) is 25.8 Å². The van der Waals surface area contributed by atoms with Crippen molar-refractivity contribution in [3.63, 3.8) is 0 Å². The Bertz CT molecular complexity index is 470. The van der Waals surface area contributed by atoms with E-state index in [9.17, 15) is 13.6 Å². The number of hydrogen-bond donors (Lipinski definition) is 1. The molecule has 5 heteroatoms. The van der Waals surface area contributed by atoms with Gasteiger partial charge in [0.05, 0.1) is 6.42 Å². The Balaban J connectivity index is 3.37. The van der Waals surface area contributed by atoms with Crippen LogP contribution < -0.4 is 4.90 Å². The zero-order valence-electron chi connectivity index (χ0n) is 10.9. The van der Waals surface area contributed by atoms with Crippen LogP contribution in [-0.2, 0) is 10.2 Å². The predicted octanol–water partition coefficient (Wildman–Crippen LogP) is 2.78. The number of halogens is 2. The summed E-state index contributed by atoms with van der Waals surface area (Å²) in [6, 6.07) is 2.17. The summed E-state index contributed by atoms with van der Waals surface area (Å²) in [5.74, 6) is -2.88.